The second kappa shape index (κ2) is 8.74. The number of halogens is 12. The van der Waals surface area contributed by atoms with Gasteiger partial charge in [0.05, 0.1) is 0 Å². The third-order valence-corrected chi connectivity index (χ3v) is 5.87. The maximum atomic E-state index is 14.1. The standard InChI is InChI=1S/C24H14F12/c25-21(26,27)19(22(28,29)30,15-7-3-1-4-8-15)17-11-13-18(14-12-17)20(23(31,32)33,24(34,35)36)16-9-5-2-6-10-16/h1-14H. The summed E-state index contributed by atoms with van der Waals surface area (Å²) >= 11 is 0. The maximum Gasteiger partial charge on any atom is 0.411 e. The van der Waals surface area contributed by atoms with Crippen LogP contribution in [0, 0.1) is 0 Å². The monoisotopic (exact) mass is 530 g/mol. The van der Waals surface area contributed by atoms with Crippen molar-refractivity contribution in [2.75, 3.05) is 0 Å². The lowest BCUT2D eigenvalue weighted by Crippen LogP contribution is -2.55. The molecule has 3 aromatic rings. The molecule has 0 nitrogen and oxygen atoms in total. The van der Waals surface area contributed by atoms with E-state index in [0.717, 1.165) is 36.4 Å². The van der Waals surface area contributed by atoms with E-state index in [1.165, 1.54) is 0 Å². The Morgan fingerprint density at radius 3 is 0.667 bits per heavy atom. The van der Waals surface area contributed by atoms with Crippen LogP contribution < -0.4 is 0 Å². The summed E-state index contributed by atoms with van der Waals surface area (Å²) in [6.07, 6.45) is -24.2. The summed E-state index contributed by atoms with van der Waals surface area (Å²) in [6.45, 7) is 0. The van der Waals surface area contributed by atoms with E-state index in [-0.39, 0.29) is 24.3 Å². The SMILES string of the molecule is FC(F)(F)C(c1ccccc1)(c1ccc(C(c2ccccc2)(C(F)(F)F)C(F)(F)F)cc1)C(F)(F)F. The van der Waals surface area contributed by atoms with Crippen LogP contribution in [0.2, 0.25) is 0 Å². The van der Waals surface area contributed by atoms with Crippen LogP contribution in [0.25, 0.3) is 0 Å². The van der Waals surface area contributed by atoms with E-state index < -0.39 is 57.8 Å². The van der Waals surface area contributed by atoms with Crippen molar-refractivity contribution in [3.05, 3.63) is 107 Å². The van der Waals surface area contributed by atoms with Gasteiger partial charge in [0.25, 0.3) is 0 Å². The fourth-order valence-corrected chi connectivity index (χ4v) is 4.31. The Morgan fingerprint density at radius 1 is 0.278 bits per heavy atom. The van der Waals surface area contributed by atoms with Crippen molar-refractivity contribution in [2.45, 2.75) is 35.5 Å². The fourth-order valence-electron chi connectivity index (χ4n) is 4.31. The van der Waals surface area contributed by atoms with Crippen LogP contribution in [-0.2, 0) is 10.8 Å². The lowest BCUT2D eigenvalue weighted by Gasteiger charge is -2.40. The summed E-state index contributed by atoms with van der Waals surface area (Å²) in [4.78, 5) is 0. The number of rotatable bonds is 4. The Hall–Kier alpha value is -3.18. The van der Waals surface area contributed by atoms with Crippen molar-refractivity contribution < 1.29 is 52.7 Å². The Bertz CT molecular complexity index is 1030. The highest BCUT2D eigenvalue weighted by Crippen LogP contribution is 2.58. The predicted octanol–water partition coefficient (Wildman–Crippen LogP) is 8.51. The topological polar surface area (TPSA) is 0 Å². The van der Waals surface area contributed by atoms with Gasteiger partial charge in [-0.05, 0) is 22.3 Å². The van der Waals surface area contributed by atoms with Crippen LogP contribution in [0.5, 0.6) is 0 Å². The molecule has 0 radical (unpaired) electrons. The number of hydrogen-bond donors (Lipinski definition) is 0. The van der Waals surface area contributed by atoms with E-state index in [4.69, 9.17) is 0 Å². The normalized spacial score (nSPS) is 14.1. The Morgan fingerprint density at radius 2 is 0.472 bits per heavy atom. The van der Waals surface area contributed by atoms with Gasteiger partial charge in [0, 0.05) is 0 Å². The van der Waals surface area contributed by atoms with Gasteiger partial charge in [-0.3, -0.25) is 0 Å². The van der Waals surface area contributed by atoms with Gasteiger partial charge in [-0.1, -0.05) is 84.9 Å². The van der Waals surface area contributed by atoms with Gasteiger partial charge in [-0.25, -0.2) is 0 Å². The van der Waals surface area contributed by atoms with Crippen LogP contribution in [0.3, 0.4) is 0 Å². The second-order valence-electron chi connectivity index (χ2n) is 7.80. The van der Waals surface area contributed by atoms with Crippen molar-refractivity contribution in [3.63, 3.8) is 0 Å². The van der Waals surface area contributed by atoms with Crippen LogP contribution in [0.15, 0.2) is 84.9 Å². The molecular weight excluding hydrogens is 516 g/mol. The molecule has 12 heteroatoms. The molecule has 0 aliphatic heterocycles. The first kappa shape index (κ1) is 27.4. The largest absolute Gasteiger partial charge is 0.411 e. The molecule has 0 saturated heterocycles. The van der Waals surface area contributed by atoms with Gasteiger partial charge in [0.1, 0.15) is 0 Å². The smallest absolute Gasteiger partial charge is 0.169 e. The van der Waals surface area contributed by atoms with E-state index in [9.17, 15) is 52.7 Å². The zero-order valence-corrected chi connectivity index (χ0v) is 17.6. The molecule has 0 N–H and O–H groups in total. The van der Waals surface area contributed by atoms with Gasteiger partial charge in [0.15, 0.2) is 0 Å². The van der Waals surface area contributed by atoms with Gasteiger partial charge < -0.3 is 0 Å². The summed E-state index contributed by atoms with van der Waals surface area (Å²) in [7, 11) is 0. The highest BCUT2D eigenvalue weighted by atomic mass is 19.4. The molecule has 0 aromatic heterocycles. The van der Waals surface area contributed by atoms with Crippen molar-refractivity contribution >= 4 is 0 Å². The highest BCUT2D eigenvalue weighted by Gasteiger charge is 2.74. The molecule has 0 saturated carbocycles. The molecule has 0 amide bonds. The Balaban J connectivity index is 2.38. The van der Waals surface area contributed by atoms with Gasteiger partial charge in [-0.2, -0.15) is 52.7 Å². The molecule has 0 aliphatic carbocycles. The van der Waals surface area contributed by atoms with Crippen LogP contribution in [0.4, 0.5) is 52.7 Å². The zero-order chi connectivity index (χ0) is 27.2. The fraction of sp³-hybridized carbons (Fsp3) is 0.250. The first-order chi connectivity index (χ1) is 16.4. The van der Waals surface area contributed by atoms with E-state index in [2.05, 4.69) is 0 Å². The minimum atomic E-state index is -6.06. The third-order valence-electron chi connectivity index (χ3n) is 5.87. The summed E-state index contributed by atoms with van der Waals surface area (Å²) in [5.41, 5.74) is -15.2. The molecule has 36 heavy (non-hydrogen) atoms. The molecule has 0 fully saturated rings. The Labute approximate surface area is 196 Å². The average molecular weight is 530 g/mol. The minimum Gasteiger partial charge on any atom is -0.169 e. The third kappa shape index (κ3) is 4.00. The second-order valence-corrected chi connectivity index (χ2v) is 7.80. The quantitative estimate of drug-likeness (QED) is 0.297. The molecular formula is C24H14F12. The van der Waals surface area contributed by atoms with Crippen molar-refractivity contribution in [3.8, 4) is 0 Å². The molecule has 0 spiro atoms. The maximum absolute atomic E-state index is 14.1. The van der Waals surface area contributed by atoms with Crippen LogP contribution in [0.1, 0.15) is 22.3 Å². The highest BCUT2D eigenvalue weighted by molar-refractivity contribution is 5.49. The van der Waals surface area contributed by atoms with E-state index in [1.807, 2.05) is 0 Å². The first-order valence-corrected chi connectivity index (χ1v) is 9.91. The summed E-state index contributed by atoms with van der Waals surface area (Å²) in [5.74, 6) is 0. The molecule has 0 bridgehead atoms. The molecule has 0 heterocycles. The molecule has 194 valence electrons. The zero-order valence-electron chi connectivity index (χ0n) is 17.6. The first-order valence-electron chi connectivity index (χ1n) is 9.91. The van der Waals surface area contributed by atoms with Crippen molar-refractivity contribution in [2.24, 2.45) is 0 Å². The lowest BCUT2D eigenvalue weighted by molar-refractivity contribution is -0.291. The summed E-state index contributed by atoms with van der Waals surface area (Å²) in [6, 6.07) is 7.94. The van der Waals surface area contributed by atoms with Gasteiger partial charge in [-0.15, -0.1) is 0 Å². The molecule has 3 rings (SSSR count). The van der Waals surface area contributed by atoms with Gasteiger partial charge in [0.2, 0.25) is 10.8 Å². The molecule has 0 unspecified atom stereocenters. The van der Waals surface area contributed by atoms with E-state index >= 15 is 0 Å². The summed E-state index contributed by atoms with van der Waals surface area (Å²) < 4.78 is 170. The number of hydrogen-bond acceptors (Lipinski definition) is 0. The molecule has 0 aliphatic rings. The lowest BCUT2D eigenvalue weighted by atomic mass is 9.70. The van der Waals surface area contributed by atoms with Gasteiger partial charge >= 0.3 is 24.7 Å². The molecule has 3 aromatic carbocycles. The number of alkyl halides is 12. The summed E-state index contributed by atoms with van der Waals surface area (Å²) in [5, 5.41) is 0. The van der Waals surface area contributed by atoms with Crippen LogP contribution >= 0.6 is 0 Å². The van der Waals surface area contributed by atoms with Crippen LogP contribution in [-0.4, -0.2) is 24.7 Å². The minimum absolute atomic E-state index is 0.00150. The van der Waals surface area contributed by atoms with E-state index in [0.29, 0.717) is 24.3 Å². The predicted molar refractivity (Wildman–Crippen MR) is 105 cm³/mol. The van der Waals surface area contributed by atoms with E-state index in [1.54, 1.807) is 0 Å². The average Bonchev–Trinajstić information content (AvgIpc) is 2.73. The van der Waals surface area contributed by atoms with Crippen molar-refractivity contribution in [1.29, 1.82) is 0 Å². The molecule has 0 atom stereocenters. The Kier molecular flexibility index (Phi) is 6.65. The number of benzene rings is 3. The van der Waals surface area contributed by atoms with Crippen molar-refractivity contribution in [1.82, 2.24) is 0 Å².